The first-order chi connectivity index (χ1) is 16.1. The molecule has 5 atom stereocenters. The lowest BCUT2D eigenvalue weighted by Crippen LogP contribution is -2.90. The highest BCUT2D eigenvalue weighted by Gasteiger charge is 2.36. The Hall–Kier alpha value is -3.21. The highest BCUT2D eigenvalue weighted by molar-refractivity contribution is 5.97. The summed E-state index contributed by atoms with van der Waals surface area (Å²) in [6.45, 7) is 3.81. The summed E-state index contributed by atoms with van der Waals surface area (Å²) < 4.78 is 0. The number of nitrogens with one attached hydrogen (secondary N) is 3. The Balaban J connectivity index is 1.75. The molecule has 3 amide bonds. The molecular weight excluding hydrogens is 438 g/mol. The van der Waals surface area contributed by atoms with Crippen molar-refractivity contribution in [3.05, 3.63) is 47.7 Å². The van der Waals surface area contributed by atoms with Crippen LogP contribution in [-0.4, -0.2) is 70.3 Å². The number of quaternary nitrogens is 1. The molecule has 9 N–H and O–H groups in total. The standard InChI is InChI=1S/C24H33N5O5/c1-12(2)20(26-3)24(34)28-17-8-13(10-19(30)21(17)31)23(33)29-18(22(25)32)9-14-11-27-16-7-5-4-6-15(14)16/h4-8,11-12,17-21,26-27,30-31H,9-10H2,1-3H3,(H2,25,32)(H,28,34)(H,29,33)/p+1/t17-,18-,19-,20+,21-/m1/s1. The van der Waals surface area contributed by atoms with E-state index >= 15 is 0 Å². The molecule has 10 heteroatoms. The Morgan fingerprint density at radius 2 is 1.94 bits per heavy atom. The van der Waals surface area contributed by atoms with E-state index in [4.69, 9.17) is 5.73 Å². The average Bonchev–Trinajstić information content (AvgIpc) is 3.19. The van der Waals surface area contributed by atoms with Gasteiger partial charge in [0.2, 0.25) is 11.8 Å². The largest absolute Gasteiger partial charge is 0.390 e. The zero-order valence-corrected chi connectivity index (χ0v) is 19.6. The van der Waals surface area contributed by atoms with Gasteiger partial charge in [0.15, 0.2) is 6.04 Å². The van der Waals surface area contributed by atoms with Gasteiger partial charge < -0.3 is 36.9 Å². The third-order valence-electron chi connectivity index (χ3n) is 6.30. The second-order valence-electron chi connectivity index (χ2n) is 9.08. The number of carbonyl (C=O) groups excluding carboxylic acids is 3. The quantitative estimate of drug-likeness (QED) is 0.233. The lowest BCUT2D eigenvalue weighted by atomic mass is 9.89. The molecule has 0 bridgehead atoms. The molecule has 10 nitrogen and oxygen atoms in total. The maximum Gasteiger partial charge on any atom is 0.279 e. The van der Waals surface area contributed by atoms with Crippen molar-refractivity contribution in [1.29, 1.82) is 0 Å². The van der Waals surface area contributed by atoms with E-state index in [9.17, 15) is 24.6 Å². The van der Waals surface area contributed by atoms with Crippen molar-refractivity contribution in [3.8, 4) is 0 Å². The lowest BCUT2D eigenvalue weighted by molar-refractivity contribution is -0.656. The van der Waals surface area contributed by atoms with Crippen molar-refractivity contribution in [1.82, 2.24) is 15.6 Å². The minimum Gasteiger partial charge on any atom is -0.390 e. The van der Waals surface area contributed by atoms with Crippen molar-refractivity contribution in [2.24, 2.45) is 11.7 Å². The van der Waals surface area contributed by atoms with Gasteiger partial charge in [-0.05, 0) is 11.6 Å². The minimum atomic E-state index is -1.26. The summed E-state index contributed by atoms with van der Waals surface area (Å²) in [5.74, 6) is -1.54. The molecule has 0 saturated carbocycles. The maximum atomic E-state index is 13.0. The molecule has 0 radical (unpaired) electrons. The number of likely N-dealkylation sites (N-methyl/N-ethyl adjacent to an activating group) is 1. The van der Waals surface area contributed by atoms with Gasteiger partial charge in [0.25, 0.3) is 5.91 Å². The highest BCUT2D eigenvalue weighted by atomic mass is 16.3. The highest BCUT2D eigenvalue weighted by Crippen LogP contribution is 2.22. The molecule has 0 unspecified atom stereocenters. The number of aromatic amines is 1. The van der Waals surface area contributed by atoms with Crippen LogP contribution in [0.15, 0.2) is 42.1 Å². The molecule has 0 spiro atoms. The number of aromatic nitrogens is 1. The predicted molar refractivity (Wildman–Crippen MR) is 126 cm³/mol. The Bertz CT molecular complexity index is 1080. The maximum absolute atomic E-state index is 13.0. The fourth-order valence-electron chi connectivity index (χ4n) is 4.36. The van der Waals surface area contributed by atoms with E-state index in [0.29, 0.717) is 0 Å². The van der Waals surface area contributed by atoms with Crippen LogP contribution in [0.1, 0.15) is 25.8 Å². The molecule has 1 aromatic carbocycles. The van der Waals surface area contributed by atoms with E-state index in [0.717, 1.165) is 16.5 Å². The number of carbonyl (C=O) groups is 3. The monoisotopic (exact) mass is 472 g/mol. The topological polar surface area (TPSA) is 174 Å². The van der Waals surface area contributed by atoms with Crippen LogP contribution in [0.25, 0.3) is 10.9 Å². The van der Waals surface area contributed by atoms with E-state index in [1.807, 2.05) is 38.1 Å². The average molecular weight is 473 g/mol. The van der Waals surface area contributed by atoms with Crippen LogP contribution in [-0.2, 0) is 20.8 Å². The number of hydrogen-bond donors (Lipinski definition) is 7. The number of primary amides is 1. The van der Waals surface area contributed by atoms with Crippen molar-refractivity contribution >= 4 is 28.6 Å². The summed E-state index contributed by atoms with van der Waals surface area (Å²) in [5.41, 5.74) is 7.46. The van der Waals surface area contributed by atoms with Gasteiger partial charge in [-0.25, -0.2) is 0 Å². The number of aliphatic hydroxyl groups is 2. The van der Waals surface area contributed by atoms with Crippen LogP contribution in [0.2, 0.25) is 0 Å². The normalized spacial score (nSPS) is 22.2. The number of para-hydroxylation sites is 1. The fourth-order valence-corrected chi connectivity index (χ4v) is 4.36. The molecule has 184 valence electrons. The number of hydrogen-bond acceptors (Lipinski definition) is 5. The van der Waals surface area contributed by atoms with Gasteiger partial charge in [-0.15, -0.1) is 0 Å². The van der Waals surface area contributed by atoms with E-state index in [2.05, 4.69) is 15.6 Å². The summed E-state index contributed by atoms with van der Waals surface area (Å²) in [4.78, 5) is 40.8. The van der Waals surface area contributed by atoms with E-state index in [1.165, 1.54) is 6.08 Å². The molecule has 2 aromatic rings. The van der Waals surface area contributed by atoms with Crippen LogP contribution in [0.3, 0.4) is 0 Å². The number of nitrogens with two attached hydrogens (primary N) is 2. The molecule has 0 saturated heterocycles. The van der Waals surface area contributed by atoms with Gasteiger partial charge >= 0.3 is 0 Å². The minimum absolute atomic E-state index is 0.0447. The third kappa shape index (κ3) is 5.64. The molecular formula is C24H34N5O5+. The summed E-state index contributed by atoms with van der Waals surface area (Å²) in [6, 6.07) is 5.28. The summed E-state index contributed by atoms with van der Waals surface area (Å²) >= 11 is 0. The SMILES string of the molecule is C[NH2+][C@H](C(=O)N[C@@H]1C=C(C(=O)N[C@H](Cc2c[nH]c3ccccc23)C(N)=O)C[C@@H](O)[C@@H]1O)C(C)C. The van der Waals surface area contributed by atoms with E-state index in [-0.39, 0.29) is 36.3 Å². The molecule has 3 rings (SSSR count). The lowest BCUT2D eigenvalue weighted by Gasteiger charge is -2.32. The van der Waals surface area contributed by atoms with Gasteiger partial charge in [-0.3, -0.25) is 14.4 Å². The van der Waals surface area contributed by atoms with Crippen molar-refractivity contribution in [2.75, 3.05) is 7.05 Å². The molecule has 1 aliphatic carbocycles. The van der Waals surface area contributed by atoms with Gasteiger partial charge in [0.1, 0.15) is 12.1 Å². The zero-order chi connectivity index (χ0) is 25.0. The summed E-state index contributed by atoms with van der Waals surface area (Å²) in [5, 5.41) is 28.8. The van der Waals surface area contributed by atoms with Gasteiger partial charge in [0, 0.05) is 41.4 Å². The molecule has 0 fully saturated rings. The molecule has 0 aliphatic heterocycles. The molecule has 1 aliphatic rings. The number of fused-ring (bicyclic) bond motifs is 1. The molecule has 1 heterocycles. The smallest absolute Gasteiger partial charge is 0.279 e. The first-order valence-corrected chi connectivity index (χ1v) is 11.4. The number of aliphatic hydroxyl groups excluding tert-OH is 2. The van der Waals surface area contributed by atoms with Crippen LogP contribution >= 0.6 is 0 Å². The number of rotatable bonds is 9. The Morgan fingerprint density at radius 1 is 1.24 bits per heavy atom. The van der Waals surface area contributed by atoms with Crippen LogP contribution in [0.4, 0.5) is 0 Å². The summed E-state index contributed by atoms with van der Waals surface area (Å²) in [7, 11) is 1.78. The first-order valence-electron chi connectivity index (χ1n) is 11.4. The Kier molecular flexibility index (Phi) is 8.08. The Labute approximate surface area is 198 Å². The van der Waals surface area contributed by atoms with E-state index in [1.54, 1.807) is 18.6 Å². The zero-order valence-electron chi connectivity index (χ0n) is 19.6. The Morgan fingerprint density at radius 3 is 2.59 bits per heavy atom. The van der Waals surface area contributed by atoms with Gasteiger partial charge in [0.05, 0.1) is 19.2 Å². The van der Waals surface area contributed by atoms with Gasteiger partial charge in [-0.2, -0.15) is 0 Å². The van der Waals surface area contributed by atoms with Crippen LogP contribution in [0.5, 0.6) is 0 Å². The van der Waals surface area contributed by atoms with Crippen LogP contribution in [0, 0.1) is 5.92 Å². The van der Waals surface area contributed by atoms with E-state index < -0.39 is 36.1 Å². The summed E-state index contributed by atoms with van der Waals surface area (Å²) in [6.07, 6.45) is 0.760. The predicted octanol–water partition coefficient (Wildman–Crippen LogP) is -1.56. The third-order valence-corrected chi connectivity index (χ3v) is 6.30. The van der Waals surface area contributed by atoms with Gasteiger partial charge in [-0.1, -0.05) is 38.1 Å². The second kappa shape index (κ2) is 10.8. The second-order valence-corrected chi connectivity index (χ2v) is 9.08. The number of benzene rings is 1. The van der Waals surface area contributed by atoms with Crippen molar-refractivity contribution in [3.63, 3.8) is 0 Å². The number of H-pyrrole nitrogens is 1. The molecule has 34 heavy (non-hydrogen) atoms. The molecule has 1 aromatic heterocycles. The van der Waals surface area contributed by atoms with Crippen LogP contribution < -0.4 is 21.7 Å². The number of amides is 3. The fraction of sp³-hybridized carbons (Fsp3) is 0.458. The van der Waals surface area contributed by atoms with Crippen molar-refractivity contribution < 1.29 is 29.9 Å². The van der Waals surface area contributed by atoms with Crippen molar-refractivity contribution in [2.45, 2.75) is 57.0 Å². The first kappa shape index (κ1) is 25.4.